The second kappa shape index (κ2) is 5.32. The molecule has 98 valence electrons. The number of amides is 1. The fourth-order valence-corrected chi connectivity index (χ4v) is 1.52. The summed E-state index contributed by atoms with van der Waals surface area (Å²) in [7, 11) is 0. The van der Waals surface area contributed by atoms with Crippen molar-refractivity contribution in [1.82, 2.24) is 0 Å². The number of hydrogen-bond acceptors (Lipinski definition) is 4. The van der Waals surface area contributed by atoms with E-state index in [4.69, 9.17) is 15.2 Å². The van der Waals surface area contributed by atoms with Crippen LogP contribution in [0.1, 0.15) is 6.92 Å². The van der Waals surface area contributed by atoms with E-state index in [0.29, 0.717) is 18.9 Å². The van der Waals surface area contributed by atoms with Gasteiger partial charge in [0, 0.05) is 5.69 Å². The Hall–Kier alpha value is -1.66. The van der Waals surface area contributed by atoms with Crippen LogP contribution in [0, 0.1) is 5.82 Å². The molecule has 1 unspecified atom stereocenters. The maximum absolute atomic E-state index is 13.4. The first-order valence-electron chi connectivity index (χ1n) is 5.65. The Morgan fingerprint density at radius 2 is 2.33 bits per heavy atom. The predicted molar refractivity (Wildman–Crippen MR) is 64.6 cm³/mol. The average molecular weight is 254 g/mol. The summed E-state index contributed by atoms with van der Waals surface area (Å²) in [5.74, 6) is -0.942. The molecule has 1 atom stereocenters. The first-order valence-corrected chi connectivity index (χ1v) is 5.65. The van der Waals surface area contributed by atoms with Crippen LogP contribution in [-0.4, -0.2) is 31.3 Å². The highest BCUT2D eigenvalue weighted by Gasteiger charge is 2.25. The van der Waals surface area contributed by atoms with Gasteiger partial charge in [-0.1, -0.05) is 0 Å². The molecule has 0 bridgehead atoms. The zero-order valence-electron chi connectivity index (χ0n) is 9.98. The van der Waals surface area contributed by atoms with Gasteiger partial charge in [-0.15, -0.1) is 0 Å². The molecule has 0 radical (unpaired) electrons. The van der Waals surface area contributed by atoms with E-state index in [2.05, 4.69) is 5.32 Å². The SMILES string of the molecule is CC(OC1COC1)C(=O)Nc1cc(N)ccc1F. The van der Waals surface area contributed by atoms with Crippen molar-refractivity contribution in [3.8, 4) is 0 Å². The van der Waals surface area contributed by atoms with Crippen LogP contribution in [0.4, 0.5) is 15.8 Å². The van der Waals surface area contributed by atoms with Gasteiger partial charge in [0.25, 0.3) is 5.91 Å². The summed E-state index contributed by atoms with van der Waals surface area (Å²) in [6.45, 7) is 2.59. The fourth-order valence-electron chi connectivity index (χ4n) is 1.52. The molecule has 1 heterocycles. The molecule has 0 saturated carbocycles. The minimum Gasteiger partial charge on any atom is -0.399 e. The predicted octanol–water partition coefficient (Wildman–Crippen LogP) is 1.15. The van der Waals surface area contributed by atoms with Crippen LogP contribution < -0.4 is 11.1 Å². The summed E-state index contributed by atoms with van der Waals surface area (Å²) in [6, 6.07) is 4.00. The zero-order chi connectivity index (χ0) is 13.1. The number of anilines is 2. The molecule has 1 aliphatic rings. The Balaban J connectivity index is 1.94. The third kappa shape index (κ3) is 2.96. The molecule has 6 heteroatoms. The van der Waals surface area contributed by atoms with E-state index < -0.39 is 17.8 Å². The summed E-state index contributed by atoms with van der Waals surface area (Å²) in [5, 5.41) is 2.44. The average Bonchev–Trinajstić information content (AvgIpc) is 2.28. The fraction of sp³-hybridized carbons (Fsp3) is 0.417. The number of nitrogen functional groups attached to an aromatic ring is 1. The van der Waals surface area contributed by atoms with E-state index in [1.807, 2.05) is 0 Å². The molecule has 1 aromatic carbocycles. The van der Waals surface area contributed by atoms with Gasteiger partial charge in [0.1, 0.15) is 18.0 Å². The van der Waals surface area contributed by atoms with Crippen molar-refractivity contribution in [2.75, 3.05) is 24.3 Å². The molecular weight excluding hydrogens is 239 g/mol. The number of nitrogens with one attached hydrogen (secondary N) is 1. The molecule has 5 nitrogen and oxygen atoms in total. The minimum absolute atomic E-state index is 0.0558. The Kier molecular flexibility index (Phi) is 3.78. The van der Waals surface area contributed by atoms with Crippen LogP contribution in [0.3, 0.4) is 0 Å². The largest absolute Gasteiger partial charge is 0.399 e. The Labute approximate surface area is 104 Å². The van der Waals surface area contributed by atoms with Crippen molar-refractivity contribution in [3.05, 3.63) is 24.0 Å². The van der Waals surface area contributed by atoms with Gasteiger partial charge in [0.2, 0.25) is 0 Å². The molecule has 1 amide bonds. The van der Waals surface area contributed by atoms with Gasteiger partial charge in [0.05, 0.1) is 18.9 Å². The van der Waals surface area contributed by atoms with Crippen molar-refractivity contribution in [3.63, 3.8) is 0 Å². The second-order valence-corrected chi connectivity index (χ2v) is 4.17. The lowest BCUT2D eigenvalue weighted by Gasteiger charge is -2.28. The minimum atomic E-state index is -0.667. The number of nitrogens with two attached hydrogens (primary N) is 1. The second-order valence-electron chi connectivity index (χ2n) is 4.17. The van der Waals surface area contributed by atoms with E-state index in [-0.39, 0.29) is 11.8 Å². The number of rotatable bonds is 4. The van der Waals surface area contributed by atoms with E-state index in [1.54, 1.807) is 6.92 Å². The van der Waals surface area contributed by atoms with Crippen LogP contribution in [0.25, 0.3) is 0 Å². The third-order valence-corrected chi connectivity index (χ3v) is 2.62. The molecule has 1 fully saturated rings. The summed E-state index contributed by atoms with van der Waals surface area (Å²) < 4.78 is 23.7. The molecule has 0 aliphatic carbocycles. The van der Waals surface area contributed by atoms with E-state index in [9.17, 15) is 9.18 Å². The summed E-state index contributed by atoms with van der Waals surface area (Å²) in [5.41, 5.74) is 5.96. The first kappa shape index (κ1) is 12.8. The van der Waals surface area contributed by atoms with Crippen LogP contribution >= 0.6 is 0 Å². The normalized spacial score (nSPS) is 17.0. The van der Waals surface area contributed by atoms with Gasteiger partial charge in [-0.2, -0.15) is 0 Å². The highest BCUT2D eigenvalue weighted by atomic mass is 19.1. The maximum Gasteiger partial charge on any atom is 0.253 e. The monoisotopic (exact) mass is 254 g/mol. The molecule has 1 aromatic rings. The number of carbonyl (C=O) groups is 1. The number of benzene rings is 1. The zero-order valence-corrected chi connectivity index (χ0v) is 9.98. The Bertz CT molecular complexity index is 449. The van der Waals surface area contributed by atoms with Gasteiger partial charge in [-0.3, -0.25) is 4.79 Å². The number of halogens is 1. The van der Waals surface area contributed by atoms with Crippen molar-refractivity contribution in [1.29, 1.82) is 0 Å². The summed E-state index contributed by atoms with van der Waals surface area (Å²) in [4.78, 5) is 11.8. The summed E-state index contributed by atoms with van der Waals surface area (Å²) in [6.07, 6.45) is -0.726. The molecule has 1 aliphatic heterocycles. The van der Waals surface area contributed by atoms with Gasteiger partial charge in [-0.05, 0) is 25.1 Å². The lowest BCUT2D eigenvalue weighted by molar-refractivity contribution is -0.161. The third-order valence-electron chi connectivity index (χ3n) is 2.62. The van der Waals surface area contributed by atoms with E-state index in [1.165, 1.54) is 18.2 Å². The lowest BCUT2D eigenvalue weighted by atomic mass is 10.2. The van der Waals surface area contributed by atoms with Gasteiger partial charge in [-0.25, -0.2) is 4.39 Å². The lowest BCUT2D eigenvalue weighted by Crippen LogP contribution is -2.41. The highest BCUT2D eigenvalue weighted by Crippen LogP contribution is 2.18. The first-order chi connectivity index (χ1) is 8.56. The molecule has 0 spiro atoms. The number of ether oxygens (including phenoxy) is 2. The van der Waals surface area contributed by atoms with Crippen LogP contribution in [0.2, 0.25) is 0 Å². The van der Waals surface area contributed by atoms with Gasteiger partial charge < -0.3 is 20.5 Å². The van der Waals surface area contributed by atoms with Gasteiger partial charge >= 0.3 is 0 Å². The van der Waals surface area contributed by atoms with Crippen LogP contribution in [0.5, 0.6) is 0 Å². The smallest absolute Gasteiger partial charge is 0.253 e. The Morgan fingerprint density at radius 3 is 2.94 bits per heavy atom. The van der Waals surface area contributed by atoms with Crippen LogP contribution in [-0.2, 0) is 14.3 Å². The maximum atomic E-state index is 13.4. The number of hydrogen-bond donors (Lipinski definition) is 2. The van der Waals surface area contributed by atoms with Crippen molar-refractivity contribution < 1.29 is 18.7 Å². The highest BCUT2D eigenvalue weighted by molar-refractivity contribution is 5.94. The number of carbonyl (C=O) groups excluding carboxylic acids is 1. The molecule has 2 rings (SSSR count). The Morgan fingerprint density at radius 1 is 1.61 bits per heavy atom. The van der Waals surface area contributed by atoms with Crippen molar-refractivity contribution in [2.45, 2.75) is 19.1 Å². The quantitative estimate of drug-likeness (QED) is 0.790. The molecule has 18 heavy (non-hydrogen) atoms. The molecule has 3 N–H and O–H groups in total. The van der Waals surface area contributed by atoms with Gasteiger partial charge in [0.15, 0.2) is 0 Å². The molecule has 0 aromatic heterocycles. The topological polar surface area (TPSA) is 73.6 Å². The molecule has 1 saturated heterocycles. The van der Waals surface area contributed by atoms with Crippen molar-refractivity contribution >= 4 is 17.3 Å². The van der Waals surface area contributed by atoms with Crippen LogP contribution in [0.15, 0.2) is 18.2 Å². The van der Waals surface area contributed by atoms with E-state index >= 15 is 0 Å². The molecular formula is C12H15FN2O3. The van der Waals surface area contributed by atoms with Crippen molar-refractivity contribution in [2.24, 2.45) is 0 Å². The summed E-state index contributed by atoms with van der Waals surface area (Å²) >= 11 is 0. The van der Waals surface area contributed by atoms with E-state index in [0.717, 1.165) is 0 Å². The standard InChI is InChI=1S/C12H15FN2O3/c1-7(18-9-5-17-6-9)12(16)15-11-4-8(14)2-3-10(11)13/h2-4,7,9H,5-6,14H2,1H3,(H,15,16).